The molecule has 0 unspecified atom stereocenters. The zero-order valence-corrected chi connectivity index (χ0v) is 13.3. The fourth-order valence-corrected chi connectivity index (χ4v) is 2.72. The van der Waals surface area contributed by atoms with Gasteiger partial charge in [0, 0.05) is 35.5 Å². The van der Waals surface area contributed by atoms with Gasteiger partial charge in [0.25, 0.3) is 0 Å². The molecule has 110 valence electrons. The molecule has 4 nitrogen and oxygen atoms in total. The lowest BCUT2D eigenvalue weighted by atomic mass is 10.1. The summed E-state index contributed by atoms with van der Waals surface area (Å²) in [5.74, 6) is 0.959. The lowest BCUT2D eigenvalue weighted by Gasteiger charge is -2.18. The molecule has 0 bridgehead atoms. The fraction of sp³-hybridized carbons (Fsp3) is 0.312. The number of benzene rings is 1. The molecular weight excluding hydrogens is 330 g/mol. The average molecular weight is 348 g/mol. The second-order valence-electron chi connectivity index (χ2n) is 5.07. The van der Waals surface area contributed by atoms with Crippen molar-refractivity contribution in [3.63, 3.8) is 0 Å². The molecule has 21 heavy (non-hydrogen) atoms. The van der Waals surface area contributed by atoms with E-state index in [4.69, 9.17) is 4.74 Å². The van der Waals surface area contributed by atoms with E-state index in [1.54, 1.807) is 0 Å². The van der Waals surface area contributed by atoms with Crippen molar-refractivity contribution in [2.75, 3.05) is 19.7 Å². The Morgan fingerprint density at radius 2 is 2.33 bits per heavy atom. The van der Waals surface area contributed by atoms with Crippen molar-refractivity contribution in [1.82, 2.24) is 15.1 Å². The lowest BCUT2D eigenvalue weighted by molar-refractivity contribution is 0.342. The third-order valence-corrected chi connectivity index (χ3v) is 3.89. The maximum atomic E-state index is 5.76. The zero-order valence-electron chi connectivity index (χ0n) is 11.8. The van der Waals surface area contributed by atoms with Gasteiger partial charge in [-0.2, -0.15) is 5.10 Å². The molecule has 1 aromatic heterocycles. The molecule has 0 saturated heterocycles. The maximum absolute atomic E-state index is 5.76. The number of rotatable bonds is 6. The van der Waals surface area contributed by atoms with Crippen LogP contribution in [0.15, 0.2) is 46.7 Å². The van der Waals surface area contributed by atoms with E-state index >= 15 is 0 Å². The number of aromatic nitrogens is 2. The highest BCUT2D eigenvalue weighted by atomic mass is 79.9. The molecular formula is C16H18BrN3O. The van der Waals surface area contributed by atoms with Crippen LogP contribution in [-0.2, 0) is 6.54 Å². The lowest BCUT2D eigenvalue weighted by Crippen LogP contribution is -2.23. The highest BCUT2D eigenvalue weighted by molar-refractivity contribution is 9.10. The van der Waals surface area contributed by atoms with Crippen LogP contribution in [0.1, 0.15) is 12.0 Å². The molecule has 1 aliphatic rings. The van der Waals surface area contributed by atoms with E-state index in [2.05, 4.69) is 38.5 Å². The van der Waals surface area contributed by atoms with Crippen molar-refractivity contribution < 1.29 is 4.74 Å². The molecule has 0 saturated carbocycles. The van der Waals surface area contributed by atoms with Crippen molar-refractivity contribution in [2.24, 2.45) is 0 Å². The molecule has 0 spiro atoms. The molecule has 0 aliphatic carbocycles. The summed E-state index contributed by atoms with van der Waals surface area (Å²) in [5, 5.41) is 7.65. The molecule has 0 fully saturated rings. The standard InChI is InChI=1S/C16H18BrN3O/c17-15-3-4-16-14(10-15)9-13(12-21-16)11-18-5-1-7-20-8-2-6-19-20/h2-4,6,8-10,18H,1,5,7,11-12H2. The van der Waals surface area contributed by atoms with Gasteiger partial charge in [-0.15, -0.1) is 0 Å². The Kier molecular flexibility index (Phi) is 4.72. The number of nitrogens with one attached hydrogen (secondary N) is 1. The Morgan fingerprint density at radius 1 is 1.38 bits per heavy atom. The van der Waals surface area contributed by atoms with Gasteiger partial charge in [-0.25, -0.2) is 0 Å². The van der Waals surface area contributed by atoms with E-state index in [1.807, 2.05) is 35.3 Å². The minimum absolute atomic E-state index is 0.667. The Bertz CT molecular complexity index is 622. The second-order valence-corrected chi connectivity index (χ2v) is 5.99. The van der Waals surface area contributed by atoms with Crippen molar-refractivity contribution in [3.8, 4) is 5.75 Å². The SMILES string of the molecule is Brc1ccc2c(c1)C=C(CNCCCn1cccn1)CO2. The number of ether oxygens (including phenoxy) is 1. The number of hydrogen-bond acceptors (Lipinski definition) is 3. The molecule has 0 amide bonds. The molecule has 5 heteroatoms. The van der Waals surface area contributed by atoms with Crippen molar-refractivity contribution in [2.45, 2.75) is 13.0 Å². The molecule has 1 aliphatic heterocycles. The van der Waals surface area contributed by atoms with Crippen LogP contribution in [0.2, 0.25) is 0 Å². The van der Waals surface area contributed by atoms with E-state index < -0.39 is 0 Å². The van der Waals surface area contributed by atoms with E-state index in [-0.39, 0.29) is 0 Å². The molecule has 0 atom stereocenters. The highest BCUT2D eigenvalue weighted by Gasteiger charge is 2.11. The quantitative estimate of drug-likeness (QED) is 0.816. The van der Waals surface area contributed by atoms with Crippen LogP contribution in [0.4, 0.5) is 0 Å². The van der Waals surface area contributed by atoms with E-state index in [9.17, 15) is 0 Å². The fourth-order valence-electron chi connectivity index (χ4n) is 2.35. The van der Waals surface area contributed by atoms with Gasteiger partial charge in [-0.1, -0.05) is 15.9 Å². The first-order chi connectivity index (χ1) is 10.3. The Balaban J connectivity index is 1.45. The molecule has 0 radical (unpaired) electrons. The predicted octanol–water partition coefficient (Wildman–Crippen LogP) is 3.10. The predicted molar refractivity (Wildman–Crippen MR) is 87.3 cm³/mol. The summed E-state index contributed by atoms with van der Waals surface area (Å²) in [7, 11) is 0. The maximum Gasteiger partial charge on any atom is 0.127 e. The zero-order chi connectivity index (χ0) is 14.5. The Hall–Kier alpha value is -1.59. The van der Waals surface area contributed by atoms with Crippen LogP contribution in [0.25, 0.3) is 6.08 Å². The van der Waals surface area contributed by atoms with Crippen LogP contribution >= 0.6 is 15.9 Å². The van der Waals surface area contributed by atoms with Gasteiger partial charge in [0.05, 0.1) is 0 Å². The van der Waals surface area contributed by atoms with Crippen molar-refractivity contribution >= 4 is 22.0 Å². The Labute approximate surface area is 132 Å². The second kappa shape index (κ2) is 6.91. The normalized spacial score (nSPS) is 13.5. The van der Waals surface area contributed by atoms with Gasteiger partial charge in [0.2, 0.25) is 0 Å². The summed E-state index contributed by atoms with van der Waals surface area (Å²) < 4.78 is 8.80. The van der Waals surface area contributed by atoms with Gasteiger partial charge < -0.3 is 10.1 Å². The van der Waals surface area contributed by atoms with Crippen LogP contribution in [-0.4, -0.2) is 29.5 Å². The Morgan fingerprint density at radius 3 is 3.19 bits per heavy atom. The van der Waals surface area contributed by atoms with Crippen molar-refractivity contribution in [1.29, 1.82) is 0 Å². The van der Waals surface area contributed by atoms with Gasteiger partial charge in [0.1, 0.15) is 12.4 Å². The third-order valence-electron chi connectivity index (χ3n) is 3.40. The first-order valence-corrected chi connectivity index (χ1v) is 7.90. The van der Waals surface area contributed by atoms with Crippen LogP contribution in [0, 0.1) is 0 Å². The largest absolute Gasteiger partial charge is 0.489 e. The highest BCUT2D eigenvalue weighted by Crippen LogP contribution is 2.28. The van der Waals surface area contributed by atoms with E-state index in [0.717, 1.165) is 41.8 Å². The third kappa shape index (κ3) is 3.95. The number of hydrogen-bond donors (Lipinski definition) is 1. The van der Waals surface area contributed by atoms with Gasteiger partial charge in [-0.05, 0) is 48.9 Å². The van der Waals surface area contributed by atoms with Crippen LogP contribution in [0.5, 0.6) is 5.75 Å². The summed E-state index contributed by atoms with van der Waals surface area (Å²) in [4.78, 5) is 0. The average Bonchev–Trinajstić information content (AvgIpc) is 3.00. The topological polar surface area (TPSA) is 39.1 Å². The first-order valence-electron chi connectivity index (χ1n) is 7.11. The van der Waals surface area contributed by atoms with E-state index in [1.165, 1.54) is 5.57 Å². The van der Waals surface area contributed by atoms with Crippen molar-refractivity contribution in [3.05, 3.63) is 52.3 Å². The smallest absolute Gasteiger partial charge is 0.127 e. The molecule has 3 rings (SSSR count). The van der Waals surface area contributed by atoms with Gasteiger partial charge in [0.15, 0.2) is 0 Å². The van der Waals surface area contributed by atoms with Crippen LogP contribution in [0.3, 0.4) is 0 Å². The summed E-state index contributed by atoms with van der Waals surface area (Å²) in [6.45, 7) is 3.46. The van der Waals surface area contributed by atoms with Gasteiger partial charge in [-0.3, -0.25) is 4.68 Å². The van der Waals surface area contributed by atoms with Crippen LogP contribution < -0.4 is 10.1 Å². The number of halogens is 1. The molecule has 2 heterocycles. The van der Waals surface area contributed by atoms with E-state index in [0.29, 0.717) is 6.61 Å². The van der Waals surface area contributed by atoms with Gasteiger partial charge >= 0.3 is 0 Å². The minimum Gasteiger partial charge on any atom is -0.489 e. The summed E-state index contributed by atoms with van der Waals surface area (Å²) >= 11 is 3.49. The number of aryl methyl sites for hydroxylation is 1. The summed E-state index contributed by atoms with van der Waals surface area (Å²) in [6, 6.07) is 8.05. The first kappa shape index (κ1) is 14.4. The number of nitrogens with zero attached hydrogens (tertiary/aromatic N) is 2. The summed E-state index contributed by atoms with van der Waals surface area (Å²) in [5.41, 5.74) is 2.42. The molecule has 1 N–H and O–H groups in total. The summed E-state index contributed by atoms with van der Waals surface area (Å²) in [6.07, 6.45) is 7.08. The molecule has 1 aromatic carbocycles. The monoisotopic (exact) mass is 347 g/mol. The molecule has 2 aromatic rings. The number of fused-ring (bicyclic) bond motifs is 1. The minimum atomic E-state index is 0.667.